The van der Waals surface area contributed by atoms with Crippen molar-refractivity contribution >= 4 is 20.1 Å². The highest BCUT2D eigenvalue weighted by Gasteiger charge is 2.19. The molecule has 1 heterocycles. The van der Waals surface area contributed by atoms with Gasteiger partial charge in [0.25, 0.3) is 4.84 Å². The van der Waals surface area contributed by atoms with Crippen LogP contribution in [-0.4, -0.2) is 12.4 Å². The summed E-state index contributed by atoms with van der Waals surface area (Å²) in [5, 5.41) is 0. The van der Waals surface area contributed by atoms with Gasteiger partial charge in [0.15, 0.2) is 0 Å². The molecule has 0 aliphatic heterocycles. The molecule has 1 atom stereocenters. The van der Waals surface area contributed by atoms with Crippen LogP contribution < -0.4 is 0 Å². The monoisotopic (exact) mass is 251 g/mol. The molecular weight excluding hydrogens is 229 g/mol. The van der Waals surface area contributed by atoms with Gasteiger partial charge >= 0.3 is 0 Å². The number of aromatic nitrogens is 1. The normalized spacial score (nSPS) is 21.7. The maximum absolute atomic E-state index is 5.84. The van der Waals surface area contributed by atoms with Crippen LogP contribution in [0.15, 0.2) is 4.42 Å². The SMILES string of the molecule is BC1CCCCCc2c(oc(=S)n2C(C)C)C1. The van der Waals surface area contributed by atoms with Crippen LogP contribution in [0.1, 0.15) is 57.0 Å². The maximum atomic E-state index is 5.84. The molecule has 0 saturated heterocycles. The molecule has 1 aromatic rings. The molecule has 0 fully saturated rings. The zero-order valence-corrected chi connectivity index (χ0v) is 12.0. The Bertz CT molecular complexity index is 435. The molecule has 0 radical (unpaired) electrons. The van der Waals surface area contributed by atoms with E-state index in [2.05, 4.69) is 26.3 Å². The second-order valence-electron chi connectivity index (χ2n) is 5.61. The van der Waals surface area contributed by atoms with Crippen molar-refractivity contribution in [3.05, 3.63) is 16.3 Å². The Balaban J connectivity index is 2.40. The number of fused-ring (bicyclic) bond motifs is 1. The number of hydrogen-bond acceptors (Lipinski definition) is 2. The minimum Gasteiger partial charge on any atom is -0.434 e. The highest BCUT2D eigenvalue weighted by molar-refractivity contribution is 7.71. The van der Waals surface area contributed by atoms with Crippen LogP contribution in [0.2, 0.25) is 5.82 Å². The Hall–Kier alpha value is -0.505. The summed E-state index contributed by atoms with van der Waals surface area (Å²) < 4.78 is 8.05. The van der Waals surface area contributed by atoms with Gasteiger partial charge in [-0.3, -0.25) is 0 Å². The van der Waals surface area contributed by atoms with Crippen molar-refractivity contribution in [2.45, 2.75) is 64.2 Å². The lowest BCUT2D eigenvalue weighted by atomic mass is 9.80. The molecule has 0 aromatic carbocycles. The van der Waals surface area contributed by atoms with Crippen LogP contribution in [0.4, 0.5) is 0 Å². The quantitative estimate of drug-likeness (QED) is 0.562. The van der Waals surface area contributed by atoms with Crippen molar-refractivity contribution in [3.63, 3.8) is 0 Å². The zero-order valence-electron chi connectivity index (χ0n) is 11.2. The van der Waals surface area contributed by atoms with Gasteiger partial charge in [0, 0.05) is 12.5 Å². The molecule has 1 unspecified atom stereocenters. The topological polar surface area (TPSA) is 18.1 Å². The Morgan fingerprint density at radius 3 is 2.82 bits per heavy atom. The molecule has 0 spiro atoms. The summed E-state index contributed by atoms with van der Waals surface area (Å²) in [4.78, 5) is 0.665. The lowest BCUT2D eigenvalue weighted by Crippen LogP contribution is -2.07. The van der Waals surface area contributed by atoms with Gasteiger partial charge in [-0.15, -0.1) is 0 Å². The largest absolute Gasteiger partial charge is 0.434 e. The number of rotatable bonds is 1. The Morgan fingerprint density at radius 1 is 1.35 bits per heavy atom. The molecule has 1 aliphatic rings. The first-order valence-corrected chi connectivity index (χ1v) is 7.23. The molecule has 2 rings (SSSR count). The van der Waals surface area contributed by atoms with Gasteiger partial charge in [0.1, 0.15) is 13.6 Å². The Labute approximate surface area is 110 Å². The van der Waals surface area contributed by atoms with E-state index in [1.54, 1.807) is 0 Å². The van der Waals surface area contributed by atoms with Gasteiger partial charge in [0.2, 0.25) is 0 Å². The number of nitrogens with zero attached hydrogens (tertiary/aromatic N) is 1. The summed E-state index contributed by atoms with van der Waals surface area (Å²) in [6.45, 7) is 4.36. The van der Waals surface area contributed by atoms with Gasteiger partial charge in [-0.25, -0.2) is 0 Å². The second-order valence-corrected chi connectivity index (χ2v) is 5.96. The van der Waals surface area contributed by atoms with Crippen LogP contribution in [-0.2, 0) is 12.8 Å². The summed E-state index contributed by atoms with van der Waals surface area (Å²) in [7, 11) is 2.32. The van der Waals surface area contributed by atoms with Crippen LogP contribution in [0.5, 0.6) is 0 Å². The van der Waals surface area contributed by atoms with Gasteiger partial charge in [-0.2, -0.15) is 0 Å². The van der Waals surface area contributed by atoms with Crippen molar-refractivity contribution < 1.29 is 4.42 Å². The molecular formula is C13H22BNOS. The molecule has 2 nitrogen and oxygen atoms in total. The molecule has 0 saturated carbocycles. The van der Waals surface area contributed by atoms with E-state index in [0.29, 0.717) is 16.7 Å². The summed E-state index contributed by atoms with van der Waals surface area (Å²) in [6, 6.07) is 0.408. The molecule has 1 aliphatic carbocycles. The predicted octanol–water partition coefficient (Wildman–Crippen LogP) is 3.47. The molecule has 4 heteroatoms. The van der Waals surface area contributed by atoms with Gasteiger partial charge in [-0.1, -0.05) is 25.1 Å². The lowest BCUT2D eigenvalue weighted by Gasteiger charge is -2.11. The predicted molar refractivity (Wildman–Crippen MR) is 76.1 cm³/mol. The molecule has 0 amide bonds. The van der Waals surface area contributed by atoms with E-state index in [9.17, 15) is 0 Å². The number of oxazole rings is 1. The highest BCUT2D eigenvalue weighted by atomic mass is 32.1. The summed E-state index contributed by atoms with van der Waals surface area (Å²) in [5.41, 5.74) is 1.36. The number of hydrogen-bond donors (Lipinski definition) is 0. The van der Waals surface area contributed by atoms with E-state index in [1.807, 2.05) is 0 Å². The Kier molecular flexibility index (Phi) is 4.13. The van der Waals surface area contributed by atoms with Crippen LogP contribution in [0, 0.1) is 4.84 Å². The van der Waals surface area contributed by atoms with Crippen molar-refractivity contribution in [3.8, 4) is 0 Å². The van der Waals surface area contributed by atoms with Gasteiger partial charge in [0.05, 0.1) is 5.69 Å². The molecule has 0 bridgehead atoms. The fourth-order valence-electron chi connectivity index (χ4n) is 2.78. The van der Waals surface area contributed by atoms with Crippen LogP contribution in [0.25, 0.3) is 0 Å². The average molecular weight is 251 g/mol. The standard InChI is InChI=1S/C13H22BNOS/c1-9(2)15-11-7-5-3-4-6-10(14)8-12(11)16-13(15)17/h9-10H,3-8,14H2,1-2H3. The smallest absolute Gasteiger partial charge is 0.269 e. The Morgan fingerprint density at radius 2 is 2.12 bits per heavy atom. The average Bonchev–Trinajstić information content (AvgIpc) is 2.56. The summed E-state index contributed by atoms with van der Waals surface area (Å²) >= 11 is 5.35. The minimum absolute atomic E-state index is 0.408. The van der Waals surface area contributed by atoms with Crippen LogP contribution in [0.3, 0.4) is 0 Å². The lowest BCUT2D eigenvalue weighted by molar-refractivity contribution is 0.449. The third-order valence-electron chi connectivity index (χ3n) is 3.68. The van der Waals surface area contributed by atoms with Crippen LogP contribution >= 0.6 is 12.2 Å². The van der Waals surface area contributed by atoms with E-state index in [-0.39, 0.29) is 0 Å². The minimum atomic E-state index is 0.408. The third-order valence-corrected chi connectivity index (χ3v) is 3.96. The maximum Gasteiger partial charge on any atom is 0.269 e. The first-order chi connectivity index (χ1) is 8.09. The van der Waals surface area contributed by atoms with Crippen molar-refractivity contribution in [1.82, 2.24) is 4.57 Å². The summed E-state index contributed by atoms with van der Waals surface area (Å²) in [6.07, 6.45) is 7.45. The van der Waals surface area contributed by atoms with Crippen molar-refractivity contribution in [1.29, 1.82) is 0 Å². The molecule has 1 aromatic heterocycles. The van der Waals surface area contributed by atoms with Gasteiger partial charge < -0.3 is 8.98 Å². The van der Waals surface area contributed by atoms with Crippen molar-refractivity contribution in [2.24, 2.45) is 0 Å². The van der Waals surface area contributed by atoms with Crippen molar-refractivity contribution in [2.75, 3.05) is 0 Å². The van der Waals surface area contributed by atoms with E-state index < -0.39 is 0 Å². The molecule has 17 heavy (non-hydrogen) atoms. The fraction of sp³-hybridized carbons (Fsp3) is 0.769. The van der Waals surface area contributed by atoms with E-state index in [0.717, 1.165) is 18.6 Å². The zero-order chi connectivity index (χ0) is 12.4. The fourth-order valence-corrected chi connectivity index (χ4v) is 3.20. The summed E-state index contributed by atoms with van der Waals surface area (Å²) in [5.74, 6) is 1.87. The van der Waals surface area contributed by atoms with E-state index in [1.165, 1.54) is 31.4 Å². The third kappa shape index (κ3) is 2.84. The van der Waals surface area contributed by atoms with Gasteiger partial charge in [-0.05, 0) is 38.9 Å². The molecule has 0 N–H and O–H groups in total. The first-order valence-electron chi connectivity index (χ1n) is 6.82. The highest BCUT2D eigenvalue weighted by Crippen LogP contribution is 2.28. The molecule has 94 valence electrons. The second kappa shape index (κ2) is 5.43. The van der Waals surface area contributed by atoms with E-state index >= 15 is 0 Å². The first kappa shape index (κ1) is 12.9. The van der Waals surface area contributed by atoms with E-state index in [4.69, 9.17) is 16.6 Å².